The summed E-state index contributed by atoms with van der Waals surface area (Å²) in [4.78, 5) is 21.0. The highest BCUT2D eigenvalue weighted by molar-refractivity contribution is 7.13. The Balaban J connectivity index is 2.17. The van der Waals surface area contributed by atoms with Crippen molar-refractivity contribution >= 4 is 27.9 Å². The Bertz CT molecular complexity index is 718. The molecular formula is C12H9F2N3O3S. The second-order valence-electron chi connectivity index (χ2n) is 4.08. The summed E-state index contributed by atoms with van der Waals surface area (Å²) in [6.45, 7) is 0.0884. The molecule has 1 aromatic heterocycles. The number of thiophene rings is 1. The molecule has 0 radical (unpaired) electrons. The number of hydrogen-bond acceptors (Lipinski definition) is 5. The van der Waals surface area contributed by atoms with Crippen molar-refractivity contribution in [2.24, 2.45) is 5.73 Å². The van der Waals surface area contributed by atoms with Crippen molar-refractivity contribution in [2.75, 3.05) is 5.32 Å². The average Bonchev–Trinajstić information content (AvgIpc) is 2.86. The lowest BCUT2D eigenvalue weighted by atomic mass is 10.1. The van der Waals surface area contributed by atoms with Crippen LogP contribution in [-0.4, -0.2) is 10.8 Å². The van der Waals surface area contributed by atoms with Crippen LogP contribution in [0.2, 0.25) is 0 Å². The maximum atomic E-state index is 13.6. The minimum atomic E-state index is -1.04. The highest BCUT2D eigenvalue weighted by atomic mass is 32.1. The molecule has 1 heterocycles. The summed E-state index contributed by atoms with van der Waals surface area (Å²) in [6, 6.07) is 2.86. The first-order valence-corrected chi connectivity index (χ1v) is 6.51. The summed E-state index contributed by atoms with van der Waals surface area (Å²) in [5.41, 5.74) is 4.99. The molecular weight excluding hydrogens is 304 g/mol. The Labute approximate surface area is 121 Å². The Morgan fingerprint density at radius 1 is 1.33 bits per heavy atom. The number of nitro groups is 1. The van der Waals surface area contributed by atoms with Crippen LogP contribution in [-0.2, 0) is 6.54 Å². The van der Waals surface area contributed by atoms with Crippen molar-refractivity contribution in [3.8, 4) is 0 Å². The van der Waals surface area contributed by atoms with Crippen LogP contribution < -0.4 is 11.1 Å². The fraction of sp³-hybridized carbons (Fsp3) is 0.0833. The first kappa shape index (κ1) is 14.9. The molecule has 0 bridgehead atoms. The number of halogens is 2. The van der Waals surface area contributed by atoms with Crippen LogP contribution in [0.1, 0.15) is 15.9 Å². The van der Waals surface area contributed by atoms with Crippen LogP contribution in [0.3, 0.4) is 0 Å². The van der Waals surface area contributed by atoms with Gasteiger partial charge in [-0.3, -0.25) is 14.9 Å². The number of nitrogens with zero attached hydrogens (tertiary/aromatic N) is 1. The van der Waals surface area contributed by atoms with Gasteiger partial charge in [0, 0.05) is 24.1 Å². The lowest BCUT2D eigenvalue weighted by molar-refractivity contribution is -0.380. The van der Waals surface area contributed by atoms with Crippen LogP contribution in [0.25, 0.3) is 0 Å². The van der Waals surface area contributed by atoms with Crippen LogP contribution in [0.4, 0.5) is 19.5 Å². The quantitative estimate of drug-likeness (QED) is 0.655. The molecule has 0 unspecified atom stereocenters. The first-order chi connectivity index (χ1) is 9.88. The average molecular weight is 313 g/mol. The maximum Gasteiger partial charge on any atom is 0.324 e. The molecule has 2 aromatic rings. The zero-order valence-corrected chi connectivity index (χ0v) is 11.2. The largest absolute Gasteiger partial charge is 0.379 e. The number of carbonyl (C=O) groups excluding carboxylic acids is 1. The lowest BCUT2D eigenvalue weighted by Crippen LogP contribution is -2.14. The number of nitrogens with one attached hydrogen (secondary N) is 1. The minimum absolute atomic E-state index is 0.0378. The fourth-order valence-corrected chi connectivity index (χ4v) is 2.35. The van der Waals surface area contributed by atoms with Gasteiger partial charge in [-0.05, 0) is 11.6 Å². The molecule has 9 heteroatoms. The second kappa shape index (κ2) is 5.83. The number of rotatable bonds is 5. The normalized spacial score (nSPS) is 10.4. The van der Waals surface area contributed by atoms with Gasteiger partial charge in [0.05, 0.1) is 16.2 Å². The van der Waals surface area contributed by atoms with Gasteiger partial charge in [-0.15, -0.1) is 0 Å². The van der Waals surface area contributed by atoms with E-state index in [0.717, 1.165) is 17.4 Å². The van der Waals surface area contributed by atoms with Gasteiger partial charge in [0.15, 0.2) is 0 Å². The minimum Gasteiger partial charge on any atom is -0.379 e. The Kier molecular flexibility index (Phi) is 4.13. The molecule has 1 aromatic carbocycles. The van der Waals surface area contributed by atoms with Gasteiger partial charge in [0.25, 0.3) is 5.91 Å². The Morgan fingerprint density at radius 3 is 2.62 bits per heavy atom. The molecule has 0 saturated carbocycles. The monoisotopic (exact) mass is 313 g/mol. The van der Waals surface area contributed by atoms with Gasteiger partial charge < -0.3 is 11.1 Å². The van der Waals surface area contributed by atoms with Gasteiger partial charge in [0.1, 0.15) is 11.6 Å². The zero-order chi connectivity index (χ0) is 15.6. The maximum absolute atomic E-state index is 13.6. The number of carbonyl (C=O) groups is 1. The van der Waals surface area contributed by atoms with Crippen molar-refractivity contribution in [3.63, 3.8) is 0 Å². The predicted octanol–water partition coefficient (Wildman–Crippen LogP) is 2.65. The number of anilines is 1. The van der Waals surface area contributed by atoms with Crippen molar-refractivity contribution in [3.05, 3.63) is 56.5 Å². The summed E-state index contributed by atoms with van der Waals surface area (Å²) in [5.74, 6) is -2.94. The summed E-state index contributed by atoms with van der Waals surface area (Å²) in [5, 5.41) is 14.7. The first-order valence-electron chi connectivity index (χ1n) is 5.63. The summed E-state index contributed by atoms with van der Waals surface area (Å²) in [6.07, 6.45) is 0. The smallest absolute Gasteiger partial charge is 0.324 e. The van der Waals surface area contributed by atoms with Crippen LogP contribution in [0.15, 0.2) is 23.6 Å². The lowest BCUT2D eigenvalue weighted by Gasteiger charge is -2.08. The van der Waals surface area contributed by atoms with Crippen molar-refractivity contribution < 1.29 is 18.5 Å². The number of benzene rings is 1. The van der Waals surface area contributed by atoms with Gasteiger partial charge in [0.2, 0.25) is 0 Å². The Morgan fingerprint density at radius 2 is 2.05 bits per heavy atom. The fourth-order valence-electron chi connectivity index (χ4n) is 1.62. The molecule has 0 atom stereocenters. The molecule has 1 amide bonds. The molecule has 6 nitrogen and oxygen atoms in total. The van der Waals surface area contributed by atoms with Crippen LogP contribution >= 0.6 is 11.3 Å². The van der Waals surface area contributed by atoms with Crippen molar-refractivity contribution in [1.29, 1.82) is 0 Å². The van der Waals surface area contributed by atoms with Crippen molar-refractivity contribution in [2.45, 2.75) is 6.54 Å². The van der Waals surface area contributed by atoms with E-state index in [0.29, 0.717) is 11.6 Å². The molecule has 0 aliphatic rings. The summed E-state index contributed by atoms with van der Waals surface area (Å²) in [7, 11) is 0. The molecule has 2 rings (SSSR count). The highest BCUT2D eigenvalue weighted by Crippen LogP contribution is 2.24. The van der Waals surface area contributed by atoms with E-state index < -0.39 is 28.0 Å². The summed E-state index contributed by atoms with van der Waals surface area (Å²) >= 11 is 0.941. The van der Waals surface area contributed by atoms with Gasteiger partial charge >= 0.3 is 5.00 Å². The molecule has 0 aliphatic heterocycles. The van der Waals surface area contributed by atoms with Gasteiger partial charge in [-0.2, -0.15) is 0 Å². The number of nitrogens with two attached hydrogens (primary N) is 1. The van der Waals surface area contributed by atoms with Crippen LogP contribution in [0.5, 0.6) is 0 Å². The highest BCUT2D eigenvalue weighted by Gasteiger charge is 2.14. The number of primary amides is 1. The van der Waals surface area contributed by atoms with E-state index in [2.05, 4.69) is 5.32 Å². The third-order valence-electron chi connectivity index (χ3n) is 2.63. The van der Waals surface area contributed by atoms with Gasteiger partial charge in [-0.1, -0.05) is 11.3 Å². The predicted molar refractivity (Wildman–Crippen MR) is 73.2 cm³/mol. The SMILES string of the molecule is NC(=O)c1cc(NCc2csc([N+](=O)[O-])c2)c(F)cc1F. The second-order valence-corrected chi connectivity index (χ2v) is 4.97. The standard InChI is InChI=1S/C12H9F2N3O3S/c13-8-3-9(14)10(2-7(8)12(15)18)16-4-6-1-11(17(19)20)21-5-6/h1-3,5,16H,4H2,(H2,15,18). The van der Waals surface area contributed by atoms with Crippen molar-refractivity contribution in [1.82, 2.24) is 0 Å². The zero-order valence-electron chi connectivity index (χ0n) is 10.4. The van der Waals surface area contributed by atoms with E-state index in [1.54, 1.807) is 5.38 Å². The third kappa shape index (κ3) is 3.31. The molecule has 0 spiro atoms. The van der Waals surface area contributed by atoms with E-state index in [9.17, 15) is 23.7 Å². The summed E-state index contributed by atoms with van der Waals surface area (Å²) < 4.78 is 26.9. The molecule has 110 valence electrons. The van der Waals surface area contributed by atoms with Gasteiger partial charge in [-0.25, -0.2) is 8.78 Å². The molecule has 21 heavy (non-hydrogen) atoms. The van der Waals surface area contributed by atoms with E-state index in [1.807, 2.05) is 0 Å². The number of hydrogen-bond donors (Lipinski definition) is 2. The number of amides is 1. The van der Waals surface area contributed by atoms with E-state index in [-0.39, 0.29) is 17.2 Å². The topological polar surface area (TPSA) is 98.3 Å². The molecule has 3 N–H and O–H groups in total. The molecule has 0 saturated heterocycles. The van der Waals surface area contributed by atoms with E-state index >= 15 is 0 Å². The van der Waals surface area contributed by atoms with E-state index in [4.69, 9.17) is 5.73 Å². The molecule has 0 aliphatic carbocycles. The molecule has 0 fully saturated rings. The van der Waals surface area contributed by atoms with E-state index in [1.165, 1.54) is 6.07 Å². The third-order valence-corrected chi connectivity index (χ3v) is 3.55. The van der Waals surface area contributed by atoms with Crippen LogP contribution in [0, 0.1) is 21.7 Å². The Hall–Kier alpha value is -2.55.